The van der Waals surface area contributed by atoms with E-state index in [-0.39, 0.29) is 23.4 Å². The average molecular weight is 772 g/mol. The molecule has 0 bridgehead atoms. The van der Waals surface area contributed by atoms with Gasteiger partial charge in [0, 0.05) is 20.8 Å². The van der Waals surface area contributed by atoms with Gasteiger partial charge in [-0.2, -0.15) is 0 Å². The number of carbonyl (C=O) groups excluding carboxylic acids is 6. The summed E-state index contributed by atoms with van der Waals surface area (Å²) < 4.78 is 13.9. The van der Waals surface area contributed by atoms with Crippen LogP contribution in [0.1, 0.15) is 70.6 Å². The Kier molecular flexibility index (Phi) is 27.6. The molecule has 3 rings (SSSR count). The number of hydrogen-bond donors (Lipinski definition) is 3. The molecule has 12 heteroatoms. The van der Waals surface area contributed by atoms with Gasteiger partial charge in [-0.25, -0.2) is 14.4 Å². The molecule has 0 saturated heterocycles. The Morgan fingerprint density at radius 2 is 1.07 bits per heavy atom. The zero-order chi connectivity index (χ0) is 42.1. The molecule has 0 radical (unpaired) electrons. The summed E-state index contributed by atoms with van der Waals surface area (Å²) in [6.07, 6.45) is 11.4. The lowest BCUT2D eigenvalue weighted by molar-refractivity contribution is -0.145. The molecule has 3 N–H and O–H groups in total. The van der Waals surface area contributed by atoms with Crippen molar-refractivity contribution in [1.29, 1.82) is 0 Å². The monoisotopic (exact) mass is 771 g/mol. The summed E-state index contributed by atoms with van der Waals surface area (Å²) in [6.45, 7) is 8.10. The predicted molar refractivity (Wildman–Crippen MR) is 219 cm³/mol. The maximum absolute atomic E-state index is 11.5. The molecule has 3 aromatic rings. The molecule has 0 aliphatic carbocycles. The van der Waals surface area contributed by atoms with E-state index in [1.165, 1.54) is 53.7 Å². The molecule has 302 valence electrons. The van der Waals surface area contributed by atoms with Crippen LogP contribution in [0.4, 0.5) is 0 Å². The molecule has 0 aliphatic rings. The van der Waals surface area contributed by atoms with Crippen molar-refractivity contribution in [2.24, 2.45) is 0 Å². The molecule has 3 aromatic carbocycles. The van der Waals surface area contributed by atoms with Gasteiger partial charge in [0.05, 0.1) is 21.3 Å². The smallest absolute Gasteiger partial charge is 0.354 e. The fraction of sp³-hybridized carbons (Fsp3) is 0.318. The van der Waals surface area contributed by atoms with Gasteiger partial charge in [0.15, 0.2) is 0 Å². The minimum Gasteiger partial charge on any atom is -0.467 e. The number of amides is 3. The molecular formula is C44H57N3O9. The van der Waals surface area contributed by atoms with E-state index >= 15 is 0 Å². The van der Waals surface area contributed by atoms with E-state index in [0.717, 1.165) is 24.0 Å². The fourth-order valence-electron chi connectivity index (χ4n) is 4.58. The van der Waals surface area contributed by atoms with Crippen LogP contribution >= 0.6 is 0 Å². The molecule has 0 unspecified atom stereocenters. The van der Waals surface area contributed by atoms with E-state index in [2.05, 4.69) is 30.2 Å². The highest BCUT2D eigenvalue weighted by Gasteiger charge is 2.19. The van der Waals surface area contributed by atoms with Gasteiger partial charge in [-0.1, -0.05) is 129 Å². The van der Waals surface area contributed by atoms with E-state index in [4.69, 9.17) is 0 Å². The average Bonchev–Trinajstić information content (AvgIpc) is 3.20. The Balaban J connectivity index is 0.000000792. The Bertz CT molecular complexity index is 1690. The highest BCUT2D eigenvalue weighted by Crippen LogP contribution is 2.08. The molecule has 0 aliphatic heterocycles. The first-order valence-electron chi connectivity index (χ1n) is 18.1. The number of esters is 3. The second-order valence-corrected chi connectivity index (χ2v) is 11.5. The maximum atomic E-state index is 11.5. The number of carbonyl (C=O) groups is 6. The summed E-state index contributed by atoms with van der Waals surface area (Å²) >= 11 is 0. The Hall–Kier alpha value is -6.30. The lowest BCUT2D eigenvalue weighted by atomic mass is 10.0. The van der Waals surface area contributed by atoms with E-state index in [9.17, 15) is 28.8 Å². The molecular weight excluding hydrogens is 714 g/mol. The molecule has 12 nitrogen and oxygen atoms in total. The molecule has 0 saturated carbocycles. The molecule has 0 heterocycles. The van der Waals surface area contributed by atoms with Gasteiger partial charge in [-0.3, -0.25) is 14.4 Å². The summed E-state index contributed by atoms with van der Waals surface area (Å²) in [5.41, 5.74) is 3.38. The van der Waals surface area contributed by atoms with Crippen molar-refractivity contribution in [1.82, 2.24) is 16.0 Å². The van der Waals surface area contributed by atoms with Crippen LogP contribution in [0.3, 0.4) is 0 Å². The van der Waals surface area contributed by atoms with Crippen LogP contribution in [0.15, 0.2) is 115 Å². The van der Waals surface area contributed by atoms with Crippen LogP contribution in [-0.4, -0.2) is 69.0 Å². The fourth-order valence-corrected chi connectivity index (χ4v) is 4.58. The normalized spacial score (nSPS) is 11.4. The first-order chi connectivity index (χ1) is 26.9. The van der Waals surface area contributed by atoms with E-state index < -0.39 is 30.0 Å². The molecule has 2 atom stereocenters. The number of benzene rings is 3. The highest BCUT2D eigenvalue weighted by molar-refractivity contribution is 5.93. The lowest BCUT2D eigenvalue weighted by Crippen LogP contribution is -2.40. The third kappa shape index (κ3) is 24.1. The summed E-state index contributed by atoms with van der Waals surface area (Å²) in [5.74, 6) is -2.20. The van der Waals surface area contributed by atoms with Gasteiger partial charge in [0.2, 0.25) is 17.7 Å². The van der Waals surface area contributed by atoms with E-state index in [1.54, 1.807) is 6.08 Å². The van der Waals surface area contributed by atoms with Crippen molar-refractivity contribution in [2.75, 3.05) is 21.3 Å². The summed E-state index contributed by atoms with van der Waals surface area (Å²) in [5, 5.41) is 7.57. The first kappa shape index (κ1) is 49.7. The number of aryl methyl sites for hydroxylation is 1. The number of rotatable bonds is 15. The van der Waals surface area contributed by atoms with Crippen LogP contribution in [0.2, 0.25) is 0 Å². The van der Waals surface area contributed by atoms with Crippen LogP contribution in [-0.2, 0) is 49.4 Å². The number of allylic oxidation sites excluding steroid dienone is 2. The van der Waals surface area contributed by atoms with Gasteiger partial charge < -0.3 is 30.2 Å². The van der Waals surface area contributed by atoms with Crippen molar-refractivity contribution in [3.05, 3.63) is 132 Å². The van der Waals surface area contributed by atoms with Crippen molar-refractivity contribution < 1.29 is 43.0 Å². The molecule has 0 aromatic heterocycles. The van der Waals surface area contributed by atoms with Crippen LogP contribution in [0.25, 0.3) is 12.2 Å². The van der Waals surface area contributed by atoms with E-state index in [0.29, 0.717) is 12.8 Å². The topological polar surface area (TPSA) is 166 Å². The highest BCUT2D eigenvalue weighted by atomic mass is 16.5. The molecule has 3 amide bonds. The number of hydrogen-bond acceptors (Lipinski definition) is 9. The Morgan fingerprint density at radius 1 is 0.607 bits per heavy atom. The third-order valence-corrected chi connectivity index (χ3v) is 7.08. The molecule has 0 spiro atoms. The Morgan fingerprint density at radius 3 is 1.54 bits per heavy atom. The van der Waals surface area contributed by atoms with Crippen LogP contribution < -0.4 is 16.0 Å². The second-order valence-electron chi connectivity index (χ2n) is 11.5. The first-order valence-corrected chi connectivity index (χ1v) is 18.1. The Labute approximate surface area is 331 Å². The third-order valence-electron chi connectivity index (χ3n) is 7.08. The minimum atomic E-state index is -0.632. The van der Waals surface area contributed by atoms with Crippen LogP contribution in [0.5, 0.6) is 0 Å². The predicted octanol–water partition coefficient (Wildman–Crippen LogP) is 6.37. The lowest BCUT2D eigenvalue weighted by Gasteiger charge is -2.15. The summed E-state index contributed by atoms with van der Waals surface area (Å²) in [4.78, 5) is 67.1. The zero-order valence-corrected chi connectivity index (χ0v) is 33.7. The van der Waals surface area contributed by atoms with Gasteiger partial charge in [-0.15, -0.1) is 0 Å². The minimum absolute atomic E-state index is 0.109. The largest absolute Gasteiger partial charge is 0.467 e. The summed E-state index contributed by atoms with van der Waals surface area (Å²) in [7, 11) is 3.89. The van der Waals surface area contributed by atoms with Crippen molar-refractivity contribution >= 4 is 47.8 Å². The molecule has 0 fully saturated rings. The van der Waals surface area contributed by atoms with E-state index in [1.807, 2.05) is 123 Å². The van der Waals surface area contributed by atoms with Crippen molar-refractivity contribution in [2.45, 2.75) is 72.4 Å². The number of methoxy groups -OCH3 is 3. The van der Waals surface area contributed by atoms with Crippen LogP contribution in [0, 0.1) is 0 Å². The van der Waals surface area contributed by atoms with Crippen molar-refractivity contribution in [3.63, 3.8) is 0 Å². The van der Waals surface area contributed by atoms with Gasteiger partial charge in [0.25, 0.3) is 0 Å². The maximum Gasteiger partial charge on any atom is 0.354 e. The second kappa shape index (κ2) is 31.1. The summed E-state index contributed by atoms with van der Waals surface area (Å²) in [6, 6.07) is 28.2. The number of nitrogens with one attached hydrogen (secondary N) is 3. The SMILES string of the molecule is CC.COC(=O)/C(=C/C=C/c1ccccc1)NC(C)=O.COC(=O)[C@H](C/C=C/c1ccccc1)NC(C)=O.COC(=O)[C@H](CCCc1ccccc1)NC(C)=O. The zero-order valence-electron chi connectivity index (χ0n) is 33.7. The van der Waals surface area contributed by atoms with Gasteiger partial charge >= 0.3 is 17.9 Å². The number of ether oxygens (including phenoxy) is 3. The van der Waals surface area contributed by atoms with Gasteiger partial charge in [-0.05, 0) is 48.4 Å². The van der Waals surface area contributed by atoms with Crippen molar-refractivity contribution in [3.8, 4) is 0 Å². The van der Waals surface area contributed by atoms with Gasteiger partial charge in [0.1, 0.15) is 17.8 Å². The quantitative estimate of drug-likeness (QED) is 0.0689. The standard InChI is InChI=1S/C14H19NO3.C14H17NO3.C14H15NO3.C2H6/c3*1-11(16)15-13(14(17)18-2)10-6-9-12-7-4-3-5-8-12;1-2/h3-5,7-8,13H,6,9-10H2,1-2H3,(H,15,16);3-9,13H,10H2,1-2H3,(H,15,16);3-10H,1-2H3,(H,15,16);1-2H3/b;9-6+;9-6+,13-10-;/t2*13-;;/m00../s1. The molecule has 56 heavy (non-hydrogen) atoms.